The Labute approximate surface area is 186 Å². The third-order valence-corrected chi connectivity index (χ3v) is 6.24. The molecule has 0 spiro atoms. The molecule has 32 heavy (non-hydrogen) atoms. The molecule has 0 aliphatic carbocycles. The number of thiophene rings is 1. The number of rotatable bonds is 4. The van der Waals surface area contributed by atoms with Crippen LogP contribution >= 0.6 is 11.3 Å². The zero-order chi connectivity index (χ0) is 22.2. The summed E-state index contributed by atoms with van der Waals surface area (Å²) in [5, 5.41) is 22.6. The van der Waals surface area contributed by atoms with Crippen molar-refractivity contribution in [1.29, 1.82) is 0 Å². The van der Waals surface area contributed by atoms with Crippen LogP contribution in [-0.4, -0.2) is 26.2 Å². The van der Waals surface area contributed by atoms with E-state index >= 15 is 0 Å². The summed E-state index contributed by atoms with van der Waals surface area (Å²) in [7, 11) is 0. The fraction of sp³-hybridized carbons (Fsp3) is 0. The second kappa shape index (κ2) is 7.79. The lowest BCUT2D eigenvalue weighted by Crippen LogP contribution is -2.08. The molecule has 0 atom stereocenters. The number of benzene rings is 2. The van der Waals surface area contributed by atoms with Crippen LogP contribution in [0.15, 0.2) is 83.2 Å². The molecule has 3 N–H and O–H groups in total. The number of H-pyrrole nitrogens is 1. The molecule has 7 heteroatoms. The topological polar surface area (TPSA) is 103 Å². The quantitative estimate of drug-likeness (QED) is 0.348. The zero-order valence-corrected chi connectivity index (χ0v) is 17.4. The number of pyridine rings is 2. The van der Waals surface area contributed by atoms with Crippen molar-refractivity contribution in [2.24, 2.45) is 0 Å². The third-order valence-electron chi connectivity index (χ3n) is 5.35. The summed E-state index contributed by atoms with van der Waals surface area (Å²) in [6.07, 6.45) is 3.16. The molecular formula is C25H16N2O4S. The molecule has 2 aromatic carbocycles. The van der Waals surface area contributed by atoms with Crippen molar-refractivity contribution in [2.45, 2.75) is 0 Å². The molecule has 0 saturated carbocycles. The van der Waals surface area contributed by atoms with Crippen LogP contribution in [0.25, 0.3) is 43.6 Å². The van der Waals surface area contributed by atoms with Crippen LogP contribution in [0.5, 0.6) is 5.75 Å². The van der Waals surface area contributed by atoms with Crippen molar-refractivity contribution < 1.29 is 15.0 Å². The molecule has 5 rings (SSSR count). The highest BCUT2D eigenvalue weighted by Crippen LogP contribution is 2.41. The summed E-state index contributed by atoms with van der Waals surface area (Å²) in [6, 6.07) is 17.9. The van der Waals surface area contributed by atoms with Gasteiger partial charge in [-0.25, -0.2) is 4.79 Å². The Kier molecular flexibility index (Phi) is 4.80. The highest BCUT2D eigenvalue weighted by atomic mass is 32.1. The first-order valence-electron chi connectivity index (χ1n) is 9.74. The molecule has 0 fully saturated rings. The minimum Gasteiger partial charge on any atom is -0.506 e. The van der Waals surface area contributed by atoms with Gasteiger partial charge in [-0.1, -0.05) is 36.4 Å². The number of nitrogens with zero attached hydrogens (tertiary/aromatic N) is 1. The van der Waals surface area contributed by atoms with Crippen LogP contribution in [0.4, 0.5) is 0 Å². The van der Waals surface area contributed by atoms with E-state index in [0.29, 0.717) is 15.8 Å². The van der Waals surface area contributed by atoms with Gasteiger partial charge in [-0.15, -0.1) is 11.3 Å². The first kappa shape index (κ1) is 19.7. The molecule has 0 saturated heterocycles. The van der Waals surface area contributed by atoms with E-state index in [-0.39, 0.29) is 22.4 Å². The molecule has 0 radical (unpaired) electrons. The Morgan fingerprint density at radius 3 is 2.06 bits per heavy atom. The van der Waals surface area contributed by atoms with E-state index in [1.807, 2.05) is 29.6 Å². The maximum atomic E-state index is 12.6. The monoisotopic (exact) mass is 440 g/mol. The average Bonchev–Trinajstić information content (AvgIpc) is 3.24. The maximum Gasteiger partial charge on any atom is 0.335 e. The van der Waals surface area contributed by atoms with Crippen LogP contribution in [0.3, 0.4) is 0 Å². The fourth-order valence-corrected chi connectivity index (χ4v) is 4.70. The van der Waals surface area contributed by atoms with Gasteiger partial charge >= 0.3 is 5.97 Å². The largest absolute Gasteiger partial charge is 0.506 e. The van der Waals surface area contributed by atoms with Crippen LogP contribution in [0.2, 0.25) is 0 Å². The number of carboxylic acid groups (broad SMARTS) is 1. The van der Waals surface area contributed by atoms with Crippen LogP contribution < -0.4 is 5.56 Å². The van der Waals surface area contributed by atoms with E-state index in [2.05, 4.69) is 9.97 Å². The van der Waals surface area contributed by atoms with Gasteiger partial charge in [0.25, 0.3) is 5.56 Å². The molecule has 0 amide bonds. The summed E-state index contributed by atoms with van der Waals surface area (Å²) >= 11 is 1.36. The number of aromatic hydroxyl groups is 1. The van der Waals surface area contributed by atoms with Crippen molar-refractivity contribution in [1.82, 2.24) is 9.97 Å². The standard InChI is InChI=1S/C25H16N2O4S/c28-22-20(17-9-11-26-12-10-17)23(29)27-24-21(22)19(13-32-24)16-5-1-14(2-6-16)15-3-7-18(8-4-15)25(30)31/h1-13H,(H,30,31)(H2,27,28,29). The second-order valence-corrected chi connectivity index (χ2v) is 8.11. The molecular weight excluding hydrogens is 424 g/mol. The van der Waals surface area contributed by atoms with Gasteiger partial charge in [-0.3, -0.25) is 9.78 Å². The number of aromatic nitrogens is 2. The number of carboxylic acids is 1. The van der Waals surface area contributed by atoms with Gasteiger partial charge in [0.15, 0.2) is 0 Å². The lowest BCUT2D eigenvalue weighted by molar-refractivity contribution is 0.0697. The van der Waals surface area contributed by atoms with Gasteiger partial charge in [-0.2, -0.15) is 0 Å². The van der Waals surface area contributed by atoms with Gasteiger partial charge < -0.3 is 15.2 Å². The van der Waals surface area contributed by atoms with Gasteiger partial charge in [-0.05, 0) is 46.5 Å². The third kappa shape index (κ3) is 3.34. The minimum absolute atomic E-state index is 0.0560. The first-order valence-corrected chi connectivity index (χ1v) is 10.6. The molecule has 0 aliphatic heterocycles. The second-order valence-electron chi connectivity index (χ2n) is 7.23. The molecule has 6 nitrogen and oxygen atoms in total. The minimum atomic E-state index is -0.958. The Hall–Kier alpha value is -4.23. The van der Waals surface area contributed by atoms with E-state index in [1.54, 1.807) is 48.8 Å². The molecule has 0 bridgehead atoms. The molecule has 0 aliphatic rings. The van der Waals surface area contributed by atoms with Crippen molar-refractivity contribution in [2.75, 3.05) is 0 Å². The number of aromatic amines is 1. The zero-order valence-electron chi connectivity index (χ0n) is 16.6. The van der Waals surface area contributed by atoms with Crippen molar-refractivity contribution >= 4 is 27.5 Å². The number of aromatic carboxylic acids is 1. The van der Waals surface area contributed by atoms with E-state index in [0.717, 1.165) is 22.3 Å². The highest BCUT2D eigenvalue weighted by molar-refractivity contribution is 7.17. The fourth-order valence-electron chi connectivity index (χ4n) is 3.73. The highest BCUT2D eigenvalue weighted by Gasteiger charge is 2.19. The Balaban J connectivity index is 1.58. The van der Waals surface area contributed by atoms with E-state index < -0.39 is 5.97 Å². The molecule has 0 unspecified atom stereocenters. The van der Waals surface area contributed by atoms with E-state index in [4.69, 9.17) is 5.11 Å². The number of nitrogens with one attached hydrogen (secondary N) is 1. The van der Waals surface area contributed by atoms with Crippen molar-refractivity contribution in [3.8, 4) is 39.1 Å². The number of hydrogen-bond acceptors (Lipinski definition) is 5. The number of carbonyl (C=O) groups is 1. The average molecular weight is 440 g/mol. The van der Waals surface area contributed by atoms with Crippen LogP contribution in [0.1, 0.15) is 10.4 Å². The lowest BCUT2D eigenvalue weighted by Gasteiger charge is -2.08. The number of fused-ring (bicyclic) bond motifs is 1. The Morgan fingerprint density at radius 2 is 1.44 bits per heavy atom. The Bertz CT molecular complexity index is 1500. The van der Waals surface area contributed by atoms with Gasteiger partial charge in [0.2, 0.25) is 0 Å². The molecule has 156 valence electrons. The van der Waals surface area contributed by atoms with Gasteiger partial charge in [0.1, 0.15) is 10.6 Å². The van der Waals surface area contributed by atoms with Crippen LogP contribution in [0, 0.1) is 0 Å². The Morgan fingerprint density at radius 1 is 0.844 bits per heavy atom. The van der Waals surface area contributed by atoms with Crippen molar-refractivity contribution in [3.63, 3.8) is 0 Å². The van der Waals surface area contributed by atoms with Crippen molar-refractivity contribution in [3.05, 3.63) is 94.4 Å². The normalized spacial score (nSPS) is 11.0. The molecule has 3 heterocycles. The predicted octanol–water partition coefficient (Wildman–Crippen LogP) is 5.39. The smallest absolute Gasteiger partial charge is 0.335 e. The van der Waals surface area contributed by atoms with Crippen LogP contribution in [-0.2, 0) is 0 Å². The summed E-state index contributed by atoms with van der Waals surface area (Å²) < 4.78 is 0. The number of hydrogen-bond donors (Lipinski definition) is 3. The molecule has 5 aromatic rings. The summed E-state index contributed by atoms with van der Waals surface area (Å²) in [5.74, 6) is -1.01. The predicted molar refractivity (Wildman–Crippen MR) is 125 cm³/mol. The van der Waals surface area contributed by atoms with Gasteiger partial charge in [0, 0.05) is 23.3 Å². The SMILES string of the molecule is O=C(O)c1ccc(-c2ccc(-c3csc4[nH]c(=O)c(-c5ccncc5)c(O)c34)cc2)cc1. The molecule has 3 aromatic heterocycles. The lowest BCUT2D eigenvalue weighted by atomic mass is 9.98. The summed E-state index contributed by atoms with van der Waals surface area (Å²) in [4.78, 5) is 31.1. The summed E-state index contributed by atoms with van der Waals surface area (Å²) in [5.41, 5.74) is 4.27. The summed E-state index contributed by atoms with van der Waals surface area (Å²) in [6.45, 7) is 0. The maximum absolute atomic E-state index is 12.6. The van der Waals surface area contributed by atoms with E-state index in [9.17, 15) is 14.7 Å². The van der Waals surface area contributed by atoms with E-state index in [1.165, 1.54) is 11.3 Å². The first-order chi connectivity index (χ1) is 15.5. The van der Waals surface area contributed by atoms with Gasteiger partial charge in [0.05, 0.1) is 16.5 Å².